The fraction of sp³-hybridized carbons (Fsp3) is 0.444. The summed E-state index contributed by atoms with van der Waals surface area (Å²) < 4.78 is 2.95. The van der Waals surface area contributed by atoms with Gasteiger partial charge in [0.2, 0.25) is 0 Å². The van der Waals surface area contributed by atoms with E-state index >= 15 is 0 Å². The Morgan fingerprint density at radius 1 is 1.36 bits per heavy atom. The molecular formula is C18H25BrN6. The van der Waals surface area contributed by atoms with Crippen LogP contribution in [0, 0.1) is 0 Å². The fourth-order valence-electron chi connectivity index (χ4n) is 3.08. The number of rotatable bonds is 5. The molecule has 25 heavy (non-hydrogen) atoms. The van der Waals surface area contributed by atoms with E-state index < -0.39 is 0 Å². The number of benzene rings is 1. The summed E-state index contributed by atoms with van der Waals surface area (Å²) in [6, 6.07) is 8.92. The molecule has 1 unspecified atom stereocenters. The van der Waals surface area contributed by atoms with Crippen molar-refractivity contribution in [3.63, 3.8) is 0 Å². The number of halogens is 1. The Bertz CT molecular complexity index is 709. The van der Waals surface area contributed by atoms with Crippen LogP contribution < -0.4 is 15.5 Å². The summed E-state index contributed by atoms with van der Waals surface area (Å²) in [6.07, 6.45) is 6.00. The second kappa shape index (κ2) is 8.38. The molecule has 2 N–H and O–H groups in total. The molecule has 2 heterocycles. The van der Waals surface area contributed by atoms with Crippen LogP contribution in [0.4, 0.5) is 5.69 Å². The third-order valence-electron chi connectivity index (χ3n) is 4.41. The first kappa shape index (κ1) is 17.8. The van der Waals surface area contributed by atoms with E-state index in [4.69, 9.17) is 0 Å². The molecule has 3 rings (SSSR count). The zero-order valence-electron chi connectivity index (χ0n) is 14.7. The van der Waals surface area contributed by atoms with E-state index in [1.807, 2.05) is 31.2 Å². The van der Waals surface area contributed by atoms with Crippen molar-refractivity contribution in [3.8, 4) is 0 Å². The molecular weight excluding hydrogens is 380 g/mol. The van der Waals surface area contributed by atoms with Crippen LogP contribution in [-0.2, 0) is 13.5 Å². The summed E-state index contributed by atoms with van der Waals surface area (Å²) in [6.45, 7) is 2.89. The van der Waals surface area contributed by atoms with Crippen LogP contribution in [0.3, 0.4) is 0 Å². The minimum atomic E-state index is 0.410. The lowest BCUT2D eigenvalue weighted by Crippen LogP contribution is -2.45. The lowest BCUT2D eigenvalue weighted by molar-refractivity contribution is 0.648. The van der Waals surface area contributed by atoms with E-state index in [1.54, 1.807) is 0 Å². The lowest BCUT2D eigenvalue weighted by Gasteiger charge is -2.20. The van der Waals surface area contributed by atoms with Gasteiger partial charge in [0.1, 0.15) is 0 Å². The Balaban J connectivity index is 1.45. The van der Waals surface area contributed by atoms with Gasteiger partial charge in [0.25, 0.3) is 0 Å². The highest BCUT2D eigenvalue weighted by Gasteiger charge is 2.23. The first-order valence-corrected chi connectivity index (χ1v) is 9.38. The third-order valence-corrected chi connectivity index (χ3v) is 4.94. The quantitative estimate of drug-likeness (QED) is 0.592. The number of guanidine groups is 1. The molecule has 1 aliphatic heterocycles. The minimum absolute atomic E-state index is 0.410. The van der Waals surface area contributed by atoms with Gasteiger partial charge in [0.15, 0.2) is 5.96 Å². The normalized spacial score (nSPS) is 17.8. The smallest absolute Gasteiger partial charge is 0.191 e. The van der Waals surface area contributed by atoms with Gasteiger partial charge < -0.3 is 15.5 Å². The number of nitrogens with zero attached hydrogens (tertiary/aromatic N) is 4. The number of aryl methyl sites for hydroxylation is 1. The Morgan fingerprint density at radius 2 is 2.16 bits per heavy atom. The maximum absolute atomic E-state index is 4.35. The predicted octanol–water partition coefficient (Wildman–Crippen LogP) is 2.17. The van der Waals surface area contributed by atoms with Gasteiger partial charge in [-0.15, -0.1) is 0 Å². The van der Waals surface area contributed by atoms with E-state index in [0.717, 1.165) is 42.9 Å². The summed E-state index contributed by atoms with van der Waals surface area (Å²) in [7, 11) is 3.76. The van der Waals surface area contributed by atoms with Crippen molar-refractivity contribution in [2.24, 2.45) is 12.0 Å². The van der Waals surface area contributed by atoms with E-state index in [0.29, 0.717) is 6.04 Å². The summed E-state index contributed by atoms with van der Waals surface area (Å²) in [5.41, 5.74) is 2.50. The molecule has 1 saturated heterocycles. The fourth-order valence-corrected chi connectivity index (χ4v) is 3.34. The number of aromatic nitrogens is 2. The maximum atomic E-state index is 4.35. The predicted molar refractivity (Wildman–Crippen MR) is 106 cm³/mol. The molecule has 0 radical (unpaired) electrons. The Morgan fingerprint density at radius 3 is 2.84 bits per heavy atom. The van der Waals surface area contributed by atoms with Crippen LogP contribution in [0.15, 0.2) is 46.1 Å². The lowest BCUT2D eigenvalue weighted by atomic mass is 10.2. The number of hydrogen-bond donors (Lipinski definition) is 2. The number of hydrogen-bond acceptors (Lipinski definition) is 3. The minimum Gasteiger partial charge on any atom is -0.369 e. The first-order valence-electron chi connectivity index (χ1n) is 8.59. The van der Waals surface area contributed by atoms with Crippen molar-refractivity contribution in [1.82, 2.24) is 20.4 Å². The van der Waals surface area contributed by atoms with Crippen LogP contribution in [0.25, 0.3) is 0 Å². The molecule has 7 heteroatoms. The summed E-state index contributed by atoms with van der Waals surface area (Å²) >= 11 is 3.49. The average Bonchev–Trinajstić information content (AvgIpc) is 3.24. The number of anilines is 1. The Kier molecular flexibility index (Phi) is 5.96. The van der Waals surface area contributed by atoms with E-state index in [1.165, 1.54) is 11.3 Å². The topological polar surface area (TPSA) is 57.5 Å². The van der Waals surface area contributed by atoms with Crippen molar-refractivity contribution in [2.45, 2.75) is 18.9 Å². The zero-order chi connectivity index (χ0) is 17.6. The molecule has 0 aliphatic carbocycles. The van der Waals surface area contributed by atoms with Crippen LogP contribution in [-0.4, -0.2) is 48.5 Å². The van der Waals surface area contributed by atoms with Gasteiger partial charge >= 0.3 is 0 Å². The summed E-state index contributed by atoms with van der Waals surface area (Å²) in [5.74, 6) is 0.867. The van der Waals surface area contributed by atoms with E-state index in [-0.39, 0.29) is 0 Å². The van der Waals surface area contributed by atoms with Crippen molar-refractivity contribution in [3.05, 3.63) is 46.7 Å². The zero-order valence-corrected chi connectivity index (χ0v) is 16.3. The Hall–Kier alpha value is -2.02. The van der Waals surface area contributed by atoms with Gasteiger partial charge in [-0.3, -0.25) is 9.67 Å². The molecule has 0 amide bonds. The Labute approximate surface area is 157 Å². The highest BCUT2D eigenvalue weighted by Crippen LogP contribution is 2.22. The van der Waals surface area contributed by atoms with Gasteiger partial charge in [0, 0.05) is 56.1 Å². The van der Waals surface area contributed by atoms with Gasteiger partial charge in [-0.25, -0.2) is 0 Å². The molecule has 1 aliphatic rings. The highest BCUT2D eigenvalue weighted by molar-refractivity contribution is 9.10. The summed E-state index contributed by atoms with van der Waals surface area (Å²) in [4.78, 5) is 6.76. The largest absolute Gasteiger partial charge is 0.369 e. The SMILES string of the molecule is CN=C(NCCc1cnn(C)c1)NC1CCN(c2ccc(Br)cc2)C1. The highest BCUT2D eigenvalue weighted by atomic mass is 79.9. The molecule has 134 valence electrons. The van der Waals surface area contributed by atoms with Crippen LogP contribution in [0.2, 0.25) is 0 Å². The summed E-state index contributed by atoms with van der Waals surface area (Å²) in [5, 5.41) is 11.1. The molecule has 2 aromatic rings. The van der Waals surface area contributed by atoms with Crippen LogP contribution in [0.5, 0.6) is 0 Å². The van der Waals surface area contributed by atoms with Crippen LogP contribution in [0.1, 0.15) is 12.0 Å². The average molecular weight is 405 g/mol. The van der Waals surface area contributed by atoms with Gasteiger partial charge in [-0.1, -0.05) is 15.9 Å². The van der Waals surface area contributed by atoms with E-state index in [2.05, 4.69) is 65.8 Å². The second-order valence-electron chi connectivity index (χ2n) is 6.32. The van der Waals surface area contributed by atoms with Gasteiger partial charge in [-0.2, -0.15) is 5.10 Å². The van der Waals surface area contributed by atoms with Crippen molar-refractivity contribution in [2.75, 3.05) is 31.6 Å². The third kappa shape index (κ3) is 4.98. The van der Waals surface area contributed by atoms with Gasteiger partial charge in [0.05, 0.1) is 6.20 Å². The molecule has 0 saturated carbocycles. The first-order chi connectivity index (χ1) is 12.1. The van der Waals surface area contributed by atoms with Gasteiger partial charge in [-0.05, 0) is 42.7 Å². The van der Waals surface area contributed by atoms with Crippen molar-refractivity contribution >= 4 is 27.6 Å². The number of aliphatic imine (C=N–C) groups is 1. The molecule has 0 spiro atoms. The molecule has 6 nitrogen and oxygen atoms in total. The van der Waals surface area contributed by atoms with Crippen LogP contribution >= 0.6 is 15.9 Å². The second-order valence-corrected chi connectivity index (χ2v) is 7.24. The standard InChI is InChI=1S/C18H25BrN6/c1-20-18(21-9-7-14-11-22-24(2)12-14)23-16-8-10-25(13-16)17-5-3-15(19)4-6-17/h3-6,11-12,16H,7-10,13H2,1-2H3,(H2,20,21,23). The maximum Gasteiger partial charge on any atom is 0.191 e. The van der Waals surface area contributed by atoms with Crippen molar-refractivity contribution < 1.29 is 0 Å². The number of nitrogens with one attached hydrogen (secondary N) is 2. The molecule has 1 fully saturated rings. The molecule has 1 atom stereocenters. The van der Waals surface area contributed by atoms with E-state index in [9.17, 15) is 0 Å². The monoisotopic (exact) mass is 404 g/mol. The van der Waals surface area contributed by atoms with Crippen molar-refractivity contribution in [1.29, 1.82) is 0 Å². The molecule has 0 bridgehead atoms. The molecule has 1 aromatic carbocycles. The molecule has 1 aromatic heterocycles.